The van der Waals surface area contributed by atoms with Crippen molar-refractivity contribution in [3.05, 3.63) is 58.4 Å². The van der Waals surface area contributed by atoms with E-state index in [1.54, 1.807) is 17.8 Å². The minimum Gasteiger partial charge on any atom is -0.388 e. The maximum atomic E-state index is 14.0. The minimum atomic E-state index is -0.649. The van der Waals surface area contributed by atoms with Gasteiger partial charge in [-0.15, -0.1) is 0 Å². The molecule has 2 aliphatic heterocycles. The first-order valence-electron chi connectivity index (χ1n) is 9.65. The zero-order valence-electron chi connectivity index (χ0n) is 15.9. The molecule has 0 aliphatic carbocycles. The lowest BCUT2D eigenvalue weighted by atomic mass is 9.96. The highest BCUT2D eigenvalue weighted by molar-refractivity contribution is 7.99. The van der Waals surface area contributed by atoms with Crippen molar-refractivity contribution in [3.63, 3.8) is 0 Å². The lowest BCUT2D eigenvalue weighted by Gasteiger charge is -2.43. The summed E-state index contributed by atoms with van der Waals surface area (Å²) >= 11 is 7.79. The molecule has 2 heterocycles. The van der Waals surface area contributed by atoms with Crippen LogP contribution in [0.4, 0.5) is 4.39 Å². The molecule has 1 saturated heterocycles. The highest BCUT2D eigenvalue weighted by Gasteiger charge is 2.34. The van der Waals surface area contributed by atoms with Crippen molar-refractivity contribution >= 4 is 29.2 Å². The molecular formula is C21H24ClFN4OS. The number of aliphatic hydroxyl groups is 1. The second-order valence-electron chi connectivity index (χ2n) is 7.55. The Morgan fingerprint density at radius 3 is 2.83 bits per heavy atom. The number of aliphatic hydroxyl groups excluding tert-OH is 1. The summed E-state index contributed by atoms with van der Waals surface area (Å²) in [6, 6.07) is 10.6. The third-order valence-corrected chi connectivity index (χ3v) is 6.99. The molecule has 0 aromatic heterocycles. The van der Waals surface area contributed by atoms with E-state index in [2.05, 4.69) is 9.80 Å². The van der Waals surface area contributed by atoms with Gasteiger partial charge in [-0.1, -0.05) is 29.4 Å². The normalized spacial score (nSPS) is 22.6. The highest BCUT2D eigenvalue weighted by Crippen LogP contribution is 2.44. The van der Waals surface area contributed by atoms with Crippen molar-refractivity contribution in [1.29, 1.82) is 5.41 Å². The number of nitrogens with two attached hydrogens (primary N) is 1. The lowest BCUT2D eigenvalue weighted by Crippen LogP contribution is -2.54. The zero-order valence-corrected chi connectivity index (χ0v) is 17.5. The molecule has 4 N–H and O–H groups in total. The van der Waals surface area contributed by atoms with Gasteiger partial charge < -0.3 is 10.8 Å². The van der Waals surface area contributed by atoms with Crippen molar-refractivity contribution in [2.45, 2.75) is 34.9 Å². The molecule has 29 heavy (non-hydrogen) atoms. The van der Waals surface area contributed by atoms with Crippen molar-refractivity contribution < 1.29 is 9.50 Å². The Bertz CT molecular complexity index is 928. The zero-order chi connectivity index (χ0) is 20.5. The second kappa shape index (κ2) is 8.62. The standard InChI is InChI=1S/C21H24ClFN4OS/c22-14-1-4-18-13(9-14)10-17(16-3-2-15(23)11-19(16)29-18)27-8-7-26(12-21(27)28)6-5-20(24)25/h1-4,9,11,17,21,28H,5-8,10,12H2,(H3,24,25). The van der Waals surface area contributed by atoms with Crippen LogP contribution in [0.5, 0.6) is 0 Å². The summed E-state index contributed by atoms with van der Waals surface area (Å²) in [6.07, 6.45) is 0.552. The highest BCUT2D eigenvalue weighted by atomic mass is 35.5. The molecule has 0 saturated carbocycles. The molecule has 2 aliphatic rings. The van der Waals surface area contributed by atoms with Gasteiger partial charge in [-0.3, -0.25) is 15.2 Å². The number of amidine groups is 1. The molecule has 0 bridgehead atoms. The van der Waals surface area contributed by atoms with Crippen LogP contribution >= 0.6 is 23.4 Å². The molecule has 2 aromatic rings. The average Bonchev–Trinajstić information content (AvgIpc) is 2.82. The molecule has 8 heteroatoms. The fourth-order valence-corrected chi connectivity index (χ4v) is 5.42. The summed E-state index contributed by atoms with van der Waals surface area (Å²) in [6.45, 7) is 2.63. The van der Waals surface area contributed by atoms with Gasteiger partial charge in [0.15, 0.2) is 0 Å². The summed E-state index contributed by atoms with van der Waals surface area (Å²) < 4.78 is 14.0. The summed E-state index contributed by atoms with van der Waals surface area (Å²) in [4.78, 5) is 6.17. The summed E-state index contributed by atoms with van der Waals surface area (Å²) in [5, 5.41) is 19.0. The van der Waals surface area contributed by atoms with E-state index < -0.39 is 6.23 Å². The van der Waals surface area contributed by atoms with Gasteiger partial charge in [0, 0.05) is 53.5 Å². The monoisotopic (exact) mass is 434 g/mol. The van der Waals surface area contributed by atoms with Crippen molar-refractivity contribution in [2.24, 2.45) is 5.73 Å². The van der Waals surface area contributed by atoms with Crippen molar-refractivity contribution in [3.8, 4) is 0 Å². The largest absolute Gasteiger partial charge is 0.388 e. The number of hydrogen-bond acceptors (Lipinski definition) is 5. The molecule has 2 aromatic carbocycles. The molecule has 2 unspecified atom stereocenters. The van der Waals surface area contributed by atoms with Gasteiger partial charge in [0.05, 0.1) is 5.84 Å². The average molecular weight is 435 g/mol. The number of piperazine rings is 1. The molecule has 4 rings (SSSR count). The van der Waals surface area contributed by atoms with Gasteiger partial charge in [0.25, 0.3) is 0 Å². The molecule has 2 atom stereocenters. The van der Waals surface area contributed by atoms with Gasteiger partial charge in [0.2, 0.25) is 0 Å². The number of benzene rings is 2. The van der Waals surface area contributed by atoms with E-state index in [1.807, 2.05) is 24.3 Å². The van der Waals surface area contributed by atoms with Crippen LogP contribution < -0.4 is 5.73 Å². The fourth-order valence-electron chi connectivity index (χ4n) is 4.09. The number of hydrogen-bond donors (Lipinski definition) is 3. The molecule has 1 fully saturated rings. The Labute approximate surface area is 179 Å². The van der Waals surface area contributed by atoms with E-state index >= 15 is 0 Å². The topological polar surface area (TPSA) is 76.6 Å². The van der Waals surface area contributed by atoms with E-state index in [9.17, 15) is 9.50 Å². The van der Waals surface area contributed by atoms with Crippen molar-refractivity contribution in [2.75, 3.05) is 26.2 Å². The number of fused-ring (bicyclic) bond motifs is 2. The van der Waals surface area contributed by atoms with Crippen LogP contribution in [0.2, 0.25) is 5.02 Å². The Hall–Kier alpha value is -1.64. The minimum absolute atomic E-state index is 0.0669. The quantitative estimate of drug-likeness (QED) is 0.507. The van der Waals surface area contributed by atoms with Crippen LogP contribution in [0.15, 0.2) is 46.2 Å². The maximum absolute atomic E-state index is 14.0. The van der Waals surface area contributed by atoms with Crippen LogP contribution in [0, 0.1) is 11.2 Å². The molecule has 0 amide bonds. The first kappa shape index (κ1) is 20.6. The Morgan fingerprint density at radius 2 is 2.07 bits per heavy atom. The SMILES string of the molecule is N=C(N)CCN1CCN(C2Cc3cc(Cl)ccc3Sc3cc(F)ccc32)C(O)C1. The lowest BCUT2D eigenvalue weighted by molar-refractivity contribution is -0.0788. The van der Waals surface area contributed by atoms with Crippen LogP contribution in [0.1, 0.15) is 23.6 Å². The predicted molar refractivity (Wildman–Crippen MR) is 114 cm³/mol. The van der Waals surface area contributed by atoms with E-state index in [1.165, 1.54) is 6.07 Å². The van der Waals surface area contributed by atoms with Crippen LogP contribution in [0.25, 0.3) is 0 Å². The van der Waals surface area contributed by atoms with Gasteiger partial charge in [-0.25, -0.2) is 4.39 Å². The van der Waals surface area contributed by atoms with E-state index in [0.717, 1.165) is 27.5 Å². The predicted octanol–water partition coefficient (Wildman–Crippen LogP) is 3.49. The van der Waals surface area contributed by atoms with Gasteiger partial charge in [-0.05, 0) is 47.9 Å². The molecule has 5 nitrogen and oxygen atoms in total. The van der Waals surface area contributed by atoms with Crippen LogP contribution in [-0.2, 0) is 6.42 Å². The Kier molecular flexibility index (Phi) is 6.13. The summed E-state index contributed by atoms with van der Waals surface area (Å²) in [5.74, 6) is -0.103. The van der Waals surface area contributed by atoms with E-state index in [0.29, 0.717) is 37.5 Å². The molecule has 154 valence electrons. The first-order chi connectivity index (χ1) is 13.9. The third kappa shape index (κ3) is 4.59. The Morgan fingerprint density at radius 1 is 1.24 bits per heavy atom. The number of β-amino-alcohol motifs (C(OH)–C–C–N with tert-alkyl or cyclic N) is 1. The number of nitrogens with one attached hydrogen (secondary N) is 1. The van der Waals surface area contributed by atoms with Gasteiger partial charge in [-0.2, -0.15) is 0 Å². The second-order valence-corrected chi connectivity index (χ2v) is 9.07. The number of rotatable bonds is 4. The molecule has 0 radical (unpaired) electrons. The van der Waals surface area contributed by atoms with Gasteiger partial charge >= 0.3 is 0 Å². The Balaban J connectivity index is 1.63. The van der Waals surface area contributed by atoms with Gasteiger partial charge in [0.1, 0.15) is 12.0 Å². The molecule has 0 spiro atoms. The molecular weight excluding hydrogens is 411 g/mol. The van der Waals surface area contributed by atoms with E-state index in [-0.39, 0.29) is 17.7 Å². The maximum Gasteiger partial charge on any atom is 0.124 e. The first-order valence-corrected chi connectivity index (χ1v) is 10.8. The fraction of sp³-hybridized carbons (Fsp3) is 0.381. The van der Waals surface area contributed by atoms with Crippen molar-refractivity contribution in [1.82, 2.24) is 9.80 Å². The van der Waals surface area contributed by atoms with Crippen LogP contribution in [-0.4, -0.2) is 53.1 Å². The van der Waals surface area contributed by atoms with E-state index in [4.69, 9.17) is 22.7 Å². The summed E-state index contributed by atoms with van der Waals surface area (Å²) in [7, 11) is 0. The third-order valence-electron chi connectivity index (χ3n) is 5.57. The smallest absolute Gasteiger partial charge is 0.124 e. The van der Waals surface area contributed by atoms with Crippen LogP contribution in [0.3, 0.4) is 0 Å². The summed E-state index contributed by atoms with van der Waals surface area (Å²) in [5.41, 5.74) is 7.60. The number of halogens is 2. The number of nitrogens with zero attached hydrogens (tertiary/aromatic N) is 2.